The highest BCUT2D eigenvalue weighted by Gasteiger charge is 2.42. The standard InChI is InChI=1S/C27H33FN4O4/c1-35-21-7-6-19-14-22(27(34)29-16-20-4-2-3-5-23(20)28)25-17-30(8-9-32(25)24(19)15-21)18-26(33)31-10-12-36-13-11-31/h2-7,15,22,25H,8-14,16-18H2,1H3,(H,29,34). The summed E-state index contributed by atoms with van der Waals surface area (Å²) in [6.07, 6.45) is 0.578. The normalized spacial score (nSPS) is 21.9. The van der Waals surface area contributed by atoms with Gasteiger partial charge in [0.05, 0.1) is 38.8 Å². The highest BCUT2D eigenvalue weighted by Crippen LogP contribution is 2.38. The van der Waals surface area contributed by atoms with Crippen LogP contribution in [0.1, 0.15) is 11.1 Å². The molecule has 0 aliphatic carbocycles. The summed E-state index contributed by atoms with van der Waals surface area (Å²) >= 11 is 0. The molecule has 0 saturated carbocycles. The largest absolute Gasteiger partial charge is 0.497 e. The third-order valence-corrected chi connectivity index (χ3v) is 7.48. The van der Waals surface area contributed by atoms with E-state index >= 15 is 0 Å². The highest BCUT2D eigenvalue weighted by atomic mass is 19.1. The number of carbonyl (C=O) groups excluding carboxylic acids is 2. The van der Waals surface area contributed by atoms with Gasteiger partial charge in [0.1, 0.15) is 11.6 Å². The van der Waals surface area contributed by atoms with Gasteiger partial charge in [0.25, 0.3) is 0 Å². The molecule has 2 aromatic carbocycles. The molecule has 2 fully saturated rings. The number of anilines is 1. The van der Waals surface area contributed by atoms with Gasteiger partial charge in [0, 0.05) is 56.6 Å². The number of carbonyl (C=O) groups is 2. The molecule has 5 rings (SSSR count). The van der Waals surface area contributed by atoms with Crippen LogP contribution in [0, 0.1) is 11.7 Å². The van der Waals surface area contributed by atoms with Crippen LogP contribution in [-0.2, 0) is 27.3 Å². The predicted molar refractivity (Wildman–Crippen MR) is 133 cm³/mol. The van der Waals surface area contributed by atoms with Crippen molar-refractivity contribution >= 4 is 17.5 Å². The minimum atomic E-state index is -0.328. The van der Waals surface area contributed by atoms with Crippen LogP contribution >= 0.6 is 0 Å². The second-order valence-corrected chi connectivity index (χ2v) is 9.60. The first-order valence-electron chi connectivity index (χ1n) is 12.6. The average molecular weight is 497 g/mol. The van der Waals surface area contributed by atoms with Crippen LogP contribution in [0.5, 0.6) is 5.75 Å². The summed E-state index contributed by atoms with van der Waals surface area (Å²) in [5.41, 5.74) is 2.64. The van der Waals surface area contributed by atoms with Crippen molar-refractivity contribution in [1.82, 2.24) is 15.1 Å². The van der Waals surface area contributed by atoms with E-state index in [0.717, 1.165) is 23.5 Å². The van der Waals surface area contributed by atoms with Crippen LogP contribution in [-0.4, -0.2) is 87.2 Å². The van der Waals surface area contributed by atoms with Crippen LogP contribution in [0.4, 0.5) is 10.1 Å². The molecular formula is C27H33FN4O4. The summed E-state index contributed by atoms with van der Waals surface area (Å²) < 4.78 is 25.0. The quantitative estimate of drug-likeness (QED) is 0.656. The Bertz CT molecular complexity index is 1110. The predicted octanol–water partition coefficient (Wildman–Crippen LogP) is 1.67. The van der Waals surface area contributed by atoms with Gasteiger partial charge in [-0.3, -0.25) is 14.5 Å². The van der Waals surface area contributed by atoms with E-state index in [9.17, 15) is 14.0 Å². The fourth-order valence-corrected chi connectivity index (χ4v) is 5.47. The maximum atomic E-state index is 14.1. The molecule has 3 aliphatic heterocycles. The molecule has 0 spiro atoms. The number of nitrogens with one attached hydrogen (secondary N) is 1. The molecule has 0 bridgehead atoms. The minimum Gasteiger partial charge on any atom is -0.497 e. The van der Waals surface area contributed by atoms with Crippen molar-refractivity contribution in [3.8, 4) is 5.75 Å². The molecule has 2 unspecified atom stereocenters. The molecule has 2 amide bonds. The summed E-state index contributed by atoms with van der Waals surface area (Å²) in [4.78, 5) is 32.6. The zero-order chi connectivity index (χ0) is 25.1. The Balaban J connectivity index is 1.34. The number of hydrogen-bond acceptors (Lipinski definition) is 6. The van der Waals surface area contributed by atoms with Gasteiger partial charge in [-0.05, 0) is 24.1 Å². The first-order valence-corrected chi connectivity index (χ1v) is 12.6. The maximum absolute atomic E-state index is 14.1. The van der Waals surface area contributed by atoms with Crippen LogP contribution in [0.2, 0.25) is 0 Å². The Morgan fingerprint density at radius 3 is 2.69 bits per heavy atom. The number of fused-ring (bicyclic) bond motifs is 3. The second kappa shape index (κ2) is 10.8. The number of morpholine rings is 1. The fourth-order valence-electron chi connectivity index (χ4n) is 5.47. The van der Waals surface area contributed by atoms with Gasteiger partial charge < -0.3 is 24.6 Å². The van der Waals surface area contributed by atoms with Gasteiger partial charge in [-0.2, -0.15) is 0 Å². The number of piperazine rings is 1. The molecule has 1 N–H and O–H groups in total. The smallest absolute Gasteiger partial charge is 0.236 e. The molecule has 0 aromatic heterocycles. The van der Waals surface area contributed by atoms with Gasteiger partial charge in [-0.15, -0.1) is 0 Å². The number of halogens is 1. The molecule has 8 nitrogen and oxygen atoms in total. The van der Waals surface area contributed by atoms with Crippen molar-refractivity contribution in [2.24, 2.45) is 5.92 Å². The van der Waals surface area contributed by atoms with E-state index < -0.39 is 0 Å². The van der Waals surface area contributed by atoms with Crippen molar-refractivity contribution in [3.63, 3.8) is 0 Å². The van der Waals surface area contributed by atoms with Gasteiger partial charge in [0.2, 0.25) is 11.8 Å². The van der Waals surface area contributed by atoms with Crippen molar-refractivity contribution in [2.45, 2.75) is 19.0 Å². The first-order chi connectivity index (χ1) is 17.5. The van der Waals surface area contributed by atoms with Gasteiger partial charge >= 0.3 is 0 Å². The van der Waals surface area contributed by atoms with E-state index in [2.05, 4.69) is 15.1 Å². The zero-order valence-electron chi connectivity index (χ0n) is 20.6. The minimum absolute atomic E-state index is 0.100. The Hall–Kier alpha value is -3.17. The van der Waals surface area contributed by atoms with Crippen LogP contribution in [0.15, 0.2) is 42.5 Å². The van der Waals surface area contributed by atoms with Crippen LogP contribution in [0.25, 0.3) is 0 Å². The Kier molecular flexibility index (Phi) is 7.38. The van der Waals surface area contributed by atoms with Crippen LogP contribution < -0.4 is 15.0 Å². The van der Waals surface area contributed by atoms with E-state index in [1.165, 1.54) is 6.07 Å². The first kappa shape index (κ1) is 24.5. The summed E-state index contributed by atoms with van der Waals surface area (Å²) in [7, 11) is 1.65. The number of amides is 2. The van der Waals surface area contributed by atoms with Crippen molar-refractivity contribution in [2.75, 3.05) is 64.5 Å². The molecule has 2 saturated heterocycles. The Labute approximate surface area is 210 Å². The van der Waals surface area contributed by atoms with E-state index in [1.807, 2.05) is 23.1 Å². The number of hydrogen-bond donors (Lipinski definition) is 1. The van der Waals surface area contributed by atoms with Crippen LogP contribution in [0.3, 0.4) is 0 Å². The fraction of sp³-hybridized carbons (Fsp3) is 0.481. The number of ether oxygens (including phenoxy) is 2. The monoisotopic (exact) mass is 496 g/mol. The van der Waals surface area contributed by atoms with Gasteiger partial charge in [0.15, 0.2) is 0 Å². The molecule has 9 heteroatoms. The van der Waals surface area contributed by atoms with Gasteiger partial charge in [-0.1, -0.05) is 24.3 Å². The number of methoxy groups -OCH3 is 1. The summed E-state index contributed by atoms with van der Waals surface area (Å²) in [6.45, 7) is 4.90. The SMILES string of the molecule is COc1ccc2c(c1)N1CCN(CC(=O)N3CCOCC3)CC1C(C(=O)NCc1ccccc1F)C2. The molecule has 3 heterocycles. The lowest BCUT2D eigenvalue weighted by molar-refractivity contribution is -0.136. The number of nitrogens with zero attached hydrogens (tertiary/aromatic N) is 3. The lowest BCUT2D eigenvalue weighted by Gasteiger charge is -2.49. The molecule has 192 valence electrons. The van der Waals surface area contributed by atoms with Crippen molar-refractivity contribution in [3.05, 3.63) is 59.4 Å². The molecule has 0 radical (unpaired) electrons. The average Bonchev–Trinajstić information content (AvgIpc) is 2.92. The Morgan fingerprint density at radius 1 is 1.11 bits per heavy atom. The van der Waals surface area contributed by atoms with Crippen molar-refractivity contribution in [1.29, 1.82) is 0 Å². The molecular weight excluding hydrogens is 463 g/mol. The summed E-state index contributed by atoms with van der Waals surface area (Å²) in [5, 5.41) is 2.97. The Morgan fingerprint density at radius 2 is 1.92 bits per heavy atom. The molecule has 36 heavy (non-hydrogen) atoms. The lowest BCUT2D eigenvalue weighted by Crippen LogP contribution is -2.62. The third kappa shape index (κ3) is 5.17. The number of benzene rings is 2. The van der Waals surface area contributed by atoms with E-state index in [1.54, 1.807) is 25.3 Å². The second-order valence-electron chi connectivity index (χ2n) is 9.60. The third-order valence-electron chi connectivity index (χ3n) is 7.48. The molecule has 3 aliphatic rings. The maximum Gasteiger partial charge on any atom is 0.236 e. The lowest BCUT2D eigenvalue weighted by atomic mass is 9.83. The topological polar surface area (TPSA) is 74.3 Å². The van der Waals surface area contributed by atoms with E-state index in [4.69, 9.17) is 9.47 Å². The highest BCUT2D eigenvalue weighted by molar-refractivity contribution is 5.82. The number of rotatable bonds is 6. The summed E-state index contributed by atoms with van der Waals surface area (Å²) in [5.74, 6) is 0.131. The van der Waals surface area contributed by atoms with E-state index in [-0.39, 0.29) is 36.1 Å². The zero-order valence-corrected chi connectivity index (χ0v) is 20.6. The molecule has 2 atom stereocenters. The van der Waals surface area contributed by atoms with Gasteiger partial charge in [-0.25, -0.2) is 4.39 Å². The summed E-state index contributed by atoms with van der Waals surface area (Å²) in [6, 6.07) is 12.4. The van der Waals surface area contributed by atoms with E-state index in [0.29, 0.717) is 57.9 Å². The molecule has 2 aromatic rings. The van der Waals surface area contributed by atoms with Crippen molar-refractivity contribution < 1.29 is 23.5 Å².